The summed E-state index contributed by atoms with van der Waals surface area (Å²) in [6.07, 6.45) is 38.8. The molecule has 390 valence electrons. The zero-order valence-corrected chi connectivity index (χ0v) is 44.9. The lowest BCUT2D eigenvalue weighted by Crippen LogP contribution is -3.06. The first-order valence-electron chi connectivity index (χ1n) is 27.5. The molecule has 3 atom stereocenters. The van der Waals surface area contributed by atoms with Crippen LogP contribution in [0.3, 0.4) is 0 Å². The van der Waals surface area contributed by atoms with Crippen LogP contribution in [0, 0.1) is 5.92 Å². The fraction of sp³-hybridized carbons (Fsp3) is 0.907. The molecule has 12 heteroatoms. The van der Waals surface area contributed by atoms with Gasteiger partial charge in [-0.1, -0.05) is 181 Å². The van der Waals surface area contributed by atoms with Crippen LogP contribution in [0.1, 0.15) is 253 Å². The second kappa shape index (κ2) is 46.9. The molecule has 0 fully saturated rings. The molecule has 2 unspecified atom stereocenters. The lowest BCUT2D eigenvalue weighted by atomic mass is 10.0. The topological polar surface area (TPSA) is 128 Å². The van der Waals surface area contributed by atoms with Gasteiger partial charge in [-0.15, -0.1) is 0 Å². The Morgan fingerprint density at radius 2 is 0.939 bits per heavy atom. The SMILES string of the molecule is CCCCCCCC/C=C\CCCCCCCC(=O)OC[C@H](COP(=O)(OCC)OCC[NH+](C)C)OC(=O)CCC(CCCCCCCC)OC(=O)CCCCCCCCCCCC(C)C. The lowest BCUT2D eigenvalue weighted by Gasteiger charge is -2.23. The number of likely N-dealkylation sites (N-methyl/N-ethyl adjacent to an activating group) is 1. The van der Waals surface area contributed by atoms with Gasteiger partial charge in [0, 0.05) is 19.3 Å². The summed E-state index contributed by atoms with van der Waals surface area (Å²) >= 11 is 0. The Morgan fingerprint density at radius 3 is 1.45 bits per heavy atom. The van der Waals surface area contributed by atoms with Gasteiger partial charge in [-0.05, 0) is 70.6 Å². The van der Waals surface area contributed by atoms with Gasteiger partial charge in [-0.25, -0.2) is 4.57 Å². The van der Waals surface area contributed by atoms with E-state index >= 15 is 0 Å². The molecule has 0 aliphatic heterocycles. The predicted molar refractivity (Wildman–Crippen MR) is 272 cm³/mol. The van der Waals surface area contributed by atoms with Gasteiger partial charge >= 0.3 is 25.7 Å². The molecule has 0 spiro atoms. The van der Waals surface area contributed by atoms with Crippen LogP contribution < -0.4 is 4.90 Å². The van der Waals surface area contributed by atoms with Gasteiger partial charge in [0.05, 0.1) is 27.3 Å². The molecular formula is C54H105NO10P+. The number of unbranched alkanes of at least 4 members (excludes halogenated alkanes) is 24. The molecule has 0 saturated carbocycles. The van der Waals surface area contributed by atoms with E-state index in [2.05, 4.69) is 39.8 Å². The molecule has 0 bridgehead atoms. The van der Waals surface area contributed by atoms with Crippen molar-refractivity contribution in [1.82, 2.24) is 0 Å². The van der Waals surface area contributed by atoms with Crippen LogP contribution in [0.25, 0.3) is 0 Å². The number of hydrogen-bond acceptors (Lipinski definition) is 10. The first-order valence-corrected chi connectivity index (χ1v) is 28.9. The Kier molecular flexibility index (Phi) is 45.7. The summed E-state index contributed by atoms with van der Waals surface area (Å²) in [5.41, 5.74) is 0. The predicted octanol–water partition coefficient (Wildman–Crippen LogP) is 14.2. The van der Waals surface area contributed by atoms with Crippen molar-refractivity contribution in [3.8, 4) is 0 Å². The summed E-state index contributed by atoms with van der Waals surface area (Å²) in [5, 5.41) is 0. The normalized spacial score (nSPS) is 13.7. The Bertz CT molecular complexity index is 1200. The number of nitrogens with one attached hydrogen (secondary N) is 1. The van der Waals surface area contributed by atoms with E-state index < -0.39 is 26.0 Å². The summed E-state index contributed by atoms with van der Waals surface area (Å²) < 4.78 is 47.4. The zero-order chi connectivity index (χ0) is 48.8. The zero-order valence-electron chi connectivity index (χ0n) is 44.0. The molecule has 0 aliphatic rings. The van der Waals surface area contributed by atoms with Crippen LogP contribution in [0.15, 0.2) is 12.2 Å². The van der Waals surface area contributed by atoms with Crippen molar-refractivity contribution in [3.05, 3.63) is 12.2 Å². The van der Waals surface area contributed by atoms with Crippen LogP contribution in [0.4, 0.5) is 0 Å². The number of ether oxygens (including phenoxy) is 3. The number of phosphoric ester groups is 1. The van der Waals surface area contributed by atoms with Gasteiger partial charge in [-0.2, -0.15) is 0 Å². The van der Waals surface area contributed by atoms with E-state index in [9.17, 15) is 18.9 Å². The highest BCUT2D eigenvalue weighted by Gasteiger charge is 2.30. The van der Waals surface area contributed by atoms with Crippen LogP contribution >= 0.6 is 7.82 Å². The van der Waals surface area contributed by atoms with Crippen molar-refractivity contribution in [2.75, 3.05) is 47.1 Å². The van der Waals surface area contributed by atoms with Crippen LogP contribution in [0.5, 0.6) is 0 Å². The fourth-order valence-corrected chi connectivity index (χ4v) is 8.97. The van der Waals surface area contributed by atoms with Gasteiger partial charge < -0.3 is 19.1 Å². The van der Waals surface area contributed by atoms with Gasteiger partial charge in [0.25, 0.3) is 0 Å². The third-order valence-corrected chi connectivity index (χ3v) is 13.5. The second-order valence-corrected chi connectivity index (χ2v) is 21.1. The van der Waals surface area contributed by atoms with Crippen LogP contribution in [-0.4, -0.2) is 77.2 Å². The van der Waals surface area contributed by atoms with Gasteiger partial charge in [0.2, 0.25) is 0 Å². The molecule has 0 heterocycles. The number of phosphoric acid groups is 1. The smallest absolute Gasteiger partial charge is 0.462 e. The van der Waals surface area contributed by atoms with Crippen molar-refractivity contribution in [1.29, 1.82) is 0 Å². The van der Waals surface area contributed by atoms with E-state index in [0.29, 0.717) is 32.2 Å². The maximum Gasteiger partial charge on any atom is 0.475 e. The van der Waals surface area contributed by atoms with Crippen molar-refractivity contribution in [2.45, 2.75) is 265 Å². The Morgan fingerprint density at radius 1 is 0.485 bits per heavy atom. The molecule has 0 saturated heterocycles. The van der Waals surface area contributed by atoms with E-state index in [1.165, 1.54) is 109 Å². The number of rotatable bonds is 50. The monoisotopic (exact) mass is 959 g/mol. The average Bonchev–Trinajstić information content (AvgIpc) is 3.27. The highest BCUT2D eigenvalue weighted by atomic mass is 31.2. The molecule has 0 aromatic rings. The molecule has 11 nitrogen and oxygen atoms in total. The minimum atomic E-state index is -3.97. The Labute approximate surface area is 406 Å². The number of hydrogen-bond donors (Lipinski definition) is 1. The van der Waals surface area contributed by atoms with E-state index in [1.807, 2.05) is 14.1 Å². The number of esters is 3. The van der Waals surface area contributed by atoms with Crippen LogP contribution in [-0.2, 0) is 46.7 Å². The maximum atomic E-state index is 13.4. The van der Waals surface area contributed by atoms with Gasteiger partial charge in [0.1, 0.15) is 25.9 Å². The summed E-state index contributed by atoms with van der Waals surface area (Å²) in [6.45, 7) is 10.9. The highest BCUT2D eigenvalue weighted by molar-refractivity contribution is 7.48. The third kappa shape index (κ3) is 44.7. The number of quaternary nitrogens is 1. The minimum absolute atomic E-state index is 0.00977. The molecule has 0 aliphatic carbocycles. The molecule has 1 N–H and O–H groups in total. The molecule has 66 heavy (non-hydrogen) atoms. The quantitative estimate of drug-likeness (QED) is 0.0207. The number of carbonyl (C=O) groups excluding carboxylic acids is 3. The summed E-state index contributed by atoms with van der Waals surface area (Å²) in [4.78, 5) is 40.3. The first kappa shape index (κ1) is 64.2. The standard InChI is InChI=1S/C54H104NO10P/c1-8-11-13-15-17-18-19-20-21-22-23-26-29-33-37-41-52(56)60-47-51(48-63-66(59,61-10-3)62-46-45-55(6)7)65-54(58)44-43-50(40-36-32-16-14-12-9-2)64-53(57)42-38-34-30-27-24-25-28-31-35-39-49(4)5/h20-21,49-51H,8-19,22-48H2,1-7H3/p+1/b21-20-/t50?,51-,66?/m1/s1. The molecule has 0 aromatic heterocycles. The molecular weight excluding hydrogens is 854 g/mol. The van der Waals surface area contributed by atoms with Crippen molar-refractivity contribution >= 4 is 25.7 Å². The summed E-state index contributed by atoms with van der Waals surface area (Å²) in [5.74, 6) is -0.343. The maximum absolute atomic E-state index is 13.4. The van der Waals surface area contributed by atoms with Crippen LogP contribution in [0.2, 0.25) is 0 Å². The number of allylic oxidation sites excluding steroid dienone is 2. The molecule has 0 amide bonds. The van der Waals surface area contributed by atoms with E-state index in [-0.39, 0.29) is 51.2 Å². The van der Waals surface area contributed by atoms with Gasteiger partial charge in [0.15, 0.2) is 6.10 Å². The minimum Gasteiger partial charge on any atom is -0.462 e. The molecule has 0 rings (SSSR count). The first-order chi connectivity index (χ1) is 31.9. The van der Waals surface area contributed by atoms with Gasteiger partial charge in [-0.3, -0.25) is 28.0 Å². The average molecular weight is 959 g/mol. The summed E-state index contributed by atoms with van der Waals surface area (Å²) in [7, 11) is -0.0625. The second-order valence-electron chi connectivity index (χ2n) is 19.4. The van der Waals surface area contributed by atoms with E-state index in [4.69, 9.17) is 27.8 Å². The number of carbonyl (C=O) groups is 3. The Hall–Kier alpha value is -1.78. The lowest BCUT2D eigenvalue weighted by molar-refractivity contribution is -0.858. The van der Waals surface area contributed by atoms with E-state index in [1.54, 1.807) is 6.92 Å². The molecule has 0 radical (unpaired) electrons. The van der Waals surface area contributed by atoms with E-state index in [0.717, 1.165) is 81.4 Å². The van der Waals surface area contributed by atoms with Crippen molar-refractivity contribution < 1.29 is 51.6 Å². The Balaban J connectivity index is 5.12. The molecule has 0 aromatic carbocycles. The van der Waals surface area contributed by atoms with Crippen molar-refractivity contribution in [2.24, 2.45) is 5.92 Å². The third-order valence-electron chi connectivity index (χ3n) is 11.9. The fourth-order valence-electron chi connectivity index (χ4n) is 7.76. The highest BCUT2D eigenvalue weighted by Crippen LogP contribution is 2.49. The largest absolute Gasteiger partial charge is 0.475 e. The van der Waals surface area contributed by atoms with Crippen molar-refractivity contribution in [3.63, 3.8) is 0 Å². The summed E-state index contributed by atoms with van der Waals surface area (Å²) in [6, 6.07) is 0.